The average Bonchev–Trinajstić information content (AvgIpc) is 2.90. The number of hydrogen-bond donors (Lipinski definition) is 1. The highest BCUT2D eigenvalue weighted by molar-refractivity contribution is 9.10. The summed E-state index contributed by atoms with van der Waals surface area (Å²) < 4.78 is 29.6. The Labute approximate surface area is 240 Å². The molecule has 3 rings (SSSR count). The van der Waals surface area contributed by atoms with Crippen LogP contribution >= 0.6 is 15.9 Å². The Balaban J connectivity index is 2.03. The van der Waals surface area contributed by atoms with Gasteiger partial charge in [0.1, 0.15) is 12.6 Å². The van der Waals surface area contributed by atoms with Crippen molar-refractivity contribution in [2.24, 2.45) is 0 Å². The summed E-state index contributed by atoms with van der Waals surface area (Å²) in [5.74, 6) is -0.540. The maximum Gasteiger partial charge on any atom is 0.264 e. The van der Waals surface area contributed by atoms with Gasteiger partial charge in [0.15, 0.2) is 0 Å². The maximum atomic E-state index is 13.9. The Morgan fingerprint density at radius 3 is 2.08 bits per heavy atom. The summed E-state index contributed by atoms with van der Waals surface area (Å²) in [6.45, 7) is 9.13. The Morgan fingerprint density at radius 2 is 1.51 bits per heavy atom. The molecule has 0 aliphatic heterocycles. The van der Waals surface area contributed by atoms with Crippen LogP contribution in [0.3, 0.4) is 0 Å². The average molecular weight is 615 g/mol. The molecule has 7 nitrogen and oxygen atoms in total. The van der Waals surface area contributed by atoms with Gasteiger partial charge >= 0.3 is 0 Å². The molecule has 0 heterocycles. The van der Waals surface area contributed by atoms with Crippen molar-refractivity contribution in [3.63, 3.8) is 0 Å². The molecule has 0 unspecified atom stereocenters. The van der Waals surface area contributed by atoms with Gasteiger partial charge in [0.05, 0.1) is 10.6 Å². The predicted octanol–water partition coefficient (Wildman–Crippen LogP) is 5.71. The minimum atomic E-state index is -4.08. The van der Waals surface area contributed by atoms with E-state index < -0.39 is 28.5 Å². The lowest BCUT2D eigenvalue weighted by Crippen LogP contribution is -2.52. The number of benzene rings is 3. The molecular weight excluding hydrogens is 578 g/mol. The number of halogens is 1. The molecule has 0 spiro atoms. The molecular formula is C30H36BrN3O4S. The molecule has 2 amide bonds. The van der Waals surface area contributed by atoms with E-state index in [4.69, 9.17) is 0 Å². The topological polar surface area (TPSA) is 86.8 Å². The molecule has 0 aromatic heterocycles. The first-order valence-corrected chi connectivity index (χ1v) is 15.2. The monoisotopic (exact) mass is 613 g/mol. The molecule has 3 aromatic carbocycles. The number of sulfonamides is 1. The number of carbonyl (C=O) groups excluding carboxylic acids is 2. The first kappa shape index (κ1) is 30.4. The molecule has 1 atom stereocenters. The summed E-state index contributed by atoms with van der Waals surface area (Å²) in [7, 11) is -4.08. The third-order valence-electron chi connectivity index (χ3n) is 6.30. The van der Waals surface area contributed by atoms with Crippen LogP contribution in [0.15, 0.2) is 88.2 Å². The highest BCUT2D eigenvalue weighted by atomic mass is 79.9. The van der Waals surface area contributed by atoms with E-state index in [0.29, 0.717) is 5.69 Å². The van der Waals surface area contributed by atoms with Gasteiger partial charge in [-0.2, -0.15) is 0 Å². The van der Waals surface area contributed by atoms with Gasteiger partial charge in [0.25, 0.3) is 10.0 Å². The van der Waals surface area contributed by atoms with E-state index >= 15 is 0 Å². The number of nitrogens with one attached hydrogen (secondary N) is 1. The fourth-order valence-electron chi connectivity index (χ4n) is 4.09. The molecule has 0 aliphatic carbocycles. The zero-order valence-electron chi connectivity index (χ0n) is 23.0. The van der Waals surface area contributed by atoms with Gasteiger partial charge in [0.2, 0.25) is 11.8 Å². The SMILES string of the molecule is CC(C)NC(=O)[C@H](C)N(Cc1cccc(Br)c1)C(=O)CN(c1ccc(C(C)C)cc1)S(=O)(=O)c1ccccc1. The van der Waals surface area contributed by atoms with Crippen LogP contribution in [-0.4, -0.2) is 43.8 Å². The van der Waals surface area contributed by atoms with Crippen LogP contribution in [0, 0.1) is 0 Å². The second kappa shape index (κ2) is 13.3. The summed E-state index contributed by atoms with van der Waals surface area (Å²) in [6, 6.07) is 21.7. The van der Waals surface area contributed by atoms with Crippen LogP contribution < -0.4 is 9.62 Å². The van der Waals surface area contributed by atoms with Crippen molar-refractivity contribution in [3.05, 3.63) is 94.5 Å². The van der Waals surface area contributed by atoms with E-state index in [9.17, 15) is 18.0 Å². The number of rotatable bonds is 11. The van der Waals surface area contributed by atoms with Gasteiger partial charge in [-0.05, 0) is 74.2 Å². The summed E-state index contributed by atoms with van der Waals surface area (Å²) in [4.78, 5) is 28.4. The highest BCUT2D eigenvalue weighted by Crippen LogP contribution is 2.26. The predicted molar refractivity (Wildman–Crippen MR) is 159 cm³/mol. The summed E-state index contributed by atoms with van der Waals surface area (Å²) in [6.07, 6.45) is 0. The van der Waals surface area contributed by atoms with E-state index in [1.54, 1.807) is 37.3 Å². The Bertz CT molecular complexity index is 1380. The molecule has 39 heavy (non-hydrogen) atoms. The fourth-order valence-corrected chi connectivity index (χ4v) is 5.98. The molecule has 0 fully saturated rings. The standard InChI is InChI=1S/C30H36BrN3O4S/c1-21(2)25-14-16-27(17-15-25)34(39(37,38)28-12-7-6-8-13-28)20-29(35)33(23(5)30(36)32-22(3)4)19-24-10-9-11-26(31)18-24/h6-18,21-23H,19-20H2,1-5H3,(H,32,36)/t23-/m0/s1. The van der Waals surface area contributed by atoms with Gasteiger partial charge in [0, 0.05) is 17.1 Å². The fraction of sp³-hybridized carbons (Fsp3) is 0.333. The van der Waals surface area contributed by atoms with Crippen molar-refractivity contribution in [1.82, 2.24) is 10.2 Å². The molecule has 0 saturated carbocycles. The second-order valence-electron chi connectivity index (χ2n) is 10.1. The van der Waals surface area contributed by atoms with Crippen LogP contribution in [0.4, 0.5) is 5.69 Å². The third kappa shape index (κ3) is 7.92. The highest BCUT2D eigenvalue weighted by Gasteiger charge is 2.32. The van der Waals surface area contributed by atoms with E-state index in [-0.39, 0.29) is 29.3 Å². The van der Waals surface area contributed by atoms with E-state index in [1.807, 2.05) is 50.2 Å². The third-order valence-corrected chi connectivity index (χ3v) is 8.58. The minimum Gasteiger partial charge on any atom is -0.352 e. The normalized spacial score (nSPS) is 12.3. The largest absolute Gasteiger partial charge is 0.352 e. The van der Waals surface area contributed by atoms with Gasteiger partial charge in [-0.1, -0.05) is 72.2 Å². The zero-order chi connectivity index (χ0) is 28.7. The number of carbonyl (C=O) groups is 2. The maximum absolute atomic E-state index is 13.9. The molecule has 0 radical (unpaired) electrons. The number of nitrogens with zero attached hydrogens (tertiary/aromatic N) is 2. The van der Waals surface area contributed by atoms with Crippen LogP contribution in [0.1, 0.15) is 51.7 Å². The quantitative estimate of drug-likeness (QED) is 0.300. The van der Waals surface area contributed by atoms with Crippen LogP contribution in [0.2, 0.25) is 0 Å². The number of amides is 2. The van der Waals surface area contributed by atoms with E-state index in [2.05, 4.69) is 35.1 Å². The lowest BCUT2D eigenvalue weighted by Gasteiger charge is -2.32. The molecule has 1 N–H and O–H groups in total. The molecule has 0 saturated heterocycles. The Morgan fingerprint density at radius 1 is 0.872 bits per heavy atom. The van der Waals surface area contributed by atoms with Crippen LogP contribution in [-0.2, 0) is 26.2 Å². The zero-order valence-corrected chi connectivity index (χ0v) is 25.4. The van der Waals surface area contributed by atoms with Crippen molar-refractivity contribution in [3.8, 4) is 0 Å². The van der Waals surface area contributed by atoms with Crippen molar-refractivity contribution >= 4 is 43.5 Å². The molecule has 208 valence electrons. The van der Waals surface area contributed by atoms with Crippen molar-refractivity contribution in [2.75, 3.05) is 10.8 Å². The molecule has 3 aromatic rings. The smallest absolute Gasteiger partial charge is 0.264 e. The van der Waals surface area contributed by atoms with Gasteiger partial charge < -0.3 is 10.2 Å². The lowest BCUT2D eigenvalue weighted by atomic mass is 10.0. The Hall–Kier alpha value is -3.17. The van der Waals surface area contributed by atoms with Crippen molar-refractivity contribution in [2.45, 2.75) is 64.1 Å². The number of anilines is 1. The molecule has 0 aliphatic rings. The van der Waals surface area contributed by atoms with Crippen LogP contribution in [0.25, 0.3) is 0 Å². The first-order chi connectivity index (χ1) is 18.4. The second-order valence-corrected chi connectivity index (χ2v) is 12.8. The summed E-state index contributed by atoms with van der Waals surface area (Å²) >= 11 is 3.46. The minimum absolute atomic E-state index is 0.0786. The van der Waals surface area contributed by atoms with E-state index in [0.717, 1.165) is 19.9 Å². The van der Waals surface area contributed by atoms with Crippen molar-refractivity contribution in [1.29, 1.82) is 0 Å². The molecule has 9 heteroatoms. The van der Waals surface area contributed by atoms with Crippen molar-refractivity contribution < 1.29 is 18.0 Å². The summed E-state index contributed by atoms with van der Waals surface area (Å²) in [5, 5.41) is 2.86. The van der Waals surface area contributed by atoms with E-state index in [1.165, 1.54) is 17.0 Å². The summed E-state index contributed by atoms with van der Waals surface area (Å²) in [5.41, 5.74) is 2.23. The first-order valence-electron chi connectivity index (χ1n) is 12.9. The van der Waals surface area contributed by atoms with Gasteiger partial charge in [-0.15, -0.1) is 0 Å². The van der Waals surface area contributed by atoms with Crippen LogP contribution in [0.5, 0.6) is 0 Å². The lowest BCUT2D eigenvalue weighted by molar-refractivity contribution is -0.139. The molecule has 0 bridgehead atoms. The Kier molecular flexibility index (Phi) is 10.3. The van der Waals surface area contributed by atoms with Gasteiger partial charge in [-0.3, -0.25) is 13.9 Å². The number of hydrogen-bond acceptors (Lipinski definition) is 4. The van der Waals surface area contributed by atoms with Gasteiger partial charge in [-0.25, -0.2) is 8.42 Å².